The van der Waals surface area contributed by atoms with Gasteiger partial charge in [0.05, 0.1) is 6.61 Å². The van der Waals surface area contributed by atoms with Crippen LogP contribution < -0.4 is 0 Å². The SMILES string of the molecule is CCOCCSc1nnc(-c2c[nH]c3ccccc23)n1C1CC1. The molecule has 6 heteroatoms. The van der Waals surface area contributed by atoms with Gasteiger partial charge in [-0.05, 0) is 25.8 Å². The summed E-state index contributed by atoms with van der Waals surface area (Å²) in [5.74, 6) is 1.89. The van der Waals surface area contributed by atoms with E-state index in [1.165, 1.54) is 18.2 Å². The van der Waals surface area contributed by atoms with Crippen LogP contribution in [0.25, 0.3) is 22.3 Å². The van der Waals surface area contributed by atoms with E-state index in [-0.39, 0.29) is 0 Å². The summed E-state index contributed by atoms with van der Waals surface area (Å²) in [5.41, 5.74) is 2.27. The van der Waals surface area contributed by atoms with Crippen molar-refractivity contribution in [3.63, 3.8) is 0 Å². The van der Waals surface area contributed by atoms with Gasteiger partial charge in [-0.15, -0.1) is 10.2 Å². The highest BCUT2D eigenvalue weighted by Crippen LogP contribution is 2.42. The summed E-state index contributed by atoms with van der Waals surface area (Å²) in [6.07, 6.45) is 4.47. The third-order valence-corrected chi connectivity index (χ3v) is 4.98. The molecule has 0 unspecified atom stereocenters. The number of nitrogens with zero attached hydrogens (tertiary/aromatic N) is 3. The molecule has 1 saturated carbocycles. The third-order valence-electron chi connectivity index (χ3n) is 4.07. The molecule has 0 spiro atoms. The Balaban J connectivity index is 1.67. The molecular formula is C17H20N4OS. The van der Waals surface area contributed by atoms with Crippen molar-refractivity contribution in [3.8, 4) is 11.4 Å². The summed E-state index contributed by atoms with van der Waals surface area (Å²) >= 11 is 1.73. The predicted octanol–water partition coefficient (Wildman–Crippen LogP) is 3.89. The van der Waals surface area contributed by atoms with E-state index in [1.54, 1.807) is 11.8 Å². The van der Waals surface area contributed by atoms with Crippen molar-refractivity contribution in [1.82, 2.24) is 19.7 Å². The number of H-pyrrole nitrogens is 1. The van der Waals surface area contributed by atoms with E-state index >= 15 is 0 Å². The Labute approximate surface area is 139 Å². The van der Waals surface area contributed by atoms with Crippen LogP contribution in [0, 0.1) is 0 Å². The summed E-state index contributed by atoms with van der Waals surface area (Å²) in [4.78, 5) is 3.33. The van der Waals surface area contributed by atoms with Crippen LogP contribution in [0.5, 0.6) is 0 Å². The van der Waals surface area contributed by atoms with E-state index in [0.717, 1.165) is 41.0 Å². The lowest BCUT2D eigenvalue weighted by Gasteiger charge is -2.08. The Hall–Kier alpha value is -1.79. The number of hydrogen-bond donors (Lipinski definition) is 1. The highest BCUT2D eigenvalue weighted by molar-refractivity contribution is 7.99. The first-order valence-corrected chi connectivity index (χ1v) is 9.09. The van der Waals surface area contributed by atoms with Crippen molar-refractivity contribution in [2.45, 2.75) is 31.0 Å². The number of hydrogen-bond acceptors (Lipinski definition) is 4. The molecule has 1 aliphatic rings. The standard InChI is InChI=1S/C17H20N4OS/c1-2-22-9-10-23-17-20-19-16(21(17)12-7-8-12)14-11-18-15-6-4-3-5-13(14)15/h3-6,11-12,18H,2,7-10H2,1H3. The van der Waals surface area contributed by atoms with Gasteiger partial charge < -0.3 is 9.72 Å². The lowest BCUT2D eigenvalue weighted by molar-refractivity contribution is 0.164. The second-order valence-electron chi connectivity index (χ2n) is 5.70. The summed E-state index contributed by atoms with van der Waals surface area (Å²) in [6, 6.07) is 8.88. The van der Waals surface area contributed by atoms with E-state index in [1.807, 2.05) is 19.2 Å². The maximum Gasteiger partial charge on any atom is 0.191 e. The molecule has 4 rings (SSSR count). The normalized spacial score (nSPS) is 14.7. The fourth-order valence-corrected chi connectivity index (χ4v) is 3.67. The van der Waals surface area contributed by atoms with Crippen LogP contribution in [0.3, 0.4) is 0 Å². The first-order chi connectivity index (χ1) is 11.4. The van der Waals surface area contributed by atoms with Crippen molar-refractivity contribution in [2.75, 3.05) is 19.0 Å². The zero-order valence-electron chi connectivity index (χ0n) is 13.2. The van der Waals surface area contributed by atoms with Gasteiger partial charge in [0, 0.05) is 41.1 Å². The number of para-hydroxylation sites is 1. The largest absolute Gasteiger partial charge is 0.381 e. The van der Waals surface area contributed by atoms with Crippen LogP contribution in [0.15, 0.2) is 35.6 Å². The first kappa shape index (κ1) is 14.8. The van der Waals surface area contributed by atoms with E-state index < -0.39 is 0 Å². The summed E-state index contributed by atoms with van der Waals surface area (Å²) in [5, 5.41) is 11.2. The number of nitrogens with one attached hydrogen (secondary N) is 1. The zero-order chi connectivity index (χ0) is 15.6. The molecular weight excluding hydrogens is 308 g/mol. The Morgan fingerprint density at radius 1 is 1.30 bits per heavy atom. The number of rotatable bonds is 7. The highest BCUT2D eigenvalue weighted by Gasteiger charge is 2.30. The molecule has 0 amide bonds. The highest BCUT2D eigenvalue weighted by atomic mass is 32.2. The number of fused-ring (bicyclic) bond motifs is 1. The van der Waals surface area contributed by atoms with Crippen molar-refractivity contribution in [2.24, 2.45) is 0 Å². The number of aromatic amines is 1. The topological polar surface area (TPSA) is 55.7 Å². The van der Waals surface area contributed by atoms with E-state index in [0.29, 0.717) is 6.04 Å². The summed E-state index contributed by atoms with van der Waals surface area (Å²) in [7, 11) is 0. The zero-order valence-corrected chi connectivity index (χ0v) is 14.0. The molecule has 2 heterocycles. The second-order valence-corrected chi connectivity index (χ2v) is 6.76. The van der Waals surface area contributed by atoms with Gasteiger partial charge in [-0.25, -0.2) is 0 Å². The summed E-state index contributed by atoms with van der Waals surface area (Å²) < 4.78 is 7.74. The van der Waals surface area contributed by atoms with E-state index in [9.17, 15) is 0 Å². The summed E-state index contributed by atoms with van der Waals surface area (Å²) in [6.45, 7) is 3.53. The molecule has 1 aliphatic carbocycles. The monoisotopic (exact) mass is 328 g/mol. The van der Waals surface area contributed by atoms with Crippen LogP contribution in [-0.4, -0.2) is 38.7 Å². The van der Waals surface area contributed by atoms with E-state index in [4.69, 9.17) is 4.74 Å². The number of thioether (sulfide) groups is 1. The molecule has 3 aromatic rings. The maximum absolute atomic E-state index is 5.42. The quantitative estimate of drug-likeness (QED) is 0.528. The van der Waals surface area contributed by atoms with Crippen molar-refractivity contribution in [1.29, 1.82) is 0 Å². The Bertz CT molecular complexity index is 806. The molecule has 0 radical (unpaired) electrons. The van der Waals surface area contributed by atoms with Gasteiger partial charge in [0.15, 0.2) is 11.0 Å². The average Bonchev–Trinajstić information content (AvgIpc) is 3.19. The molecule has 23 heavy (non-hydrogen) atoms. The number of ether oxygens (including phenoxy) is 1. The number of benzene rings is 1. The molecule has 0 saturated heterocycles. The Morgan fingerprint density at radius 2 is 2.17 bits per heavy atom. The Kier molecular flexibility index (Phi) is 4.10. The van der Waals surface area contributed by atoms with Crippen molar-refractivity contribution < 1.29 is 4.74 Å². The lowest BCUT2D eigenvalue weighted by Crippen LogP contribution is -2.02. The van der Waals surface area contributed by atoms with Crippen LogP contribution in [-0.2, 0) is 4.74 Å². The molecule has 1 fully saturated rings. The van der Waals surface area contributed by atoms with Crippen LogP contribution in [0.1, 0.15) is 25.8 Å². The van der Waals surface area contributed by atoms with Gasteiger partial charge in [0.25, 0.3) is 0 Å². The van der Waals surface area contributed by atoms with Crippen molar-refractivity contribution in [3.05, 3.63) is 30.5 Å². The van der Waals surface area contributed by atoms with Gasteiger partial charge in [0.2, 0.25) is 0 Å². The molecule has 2 aromatic heterocycles. The van der Waals surface area contributed by atoms with Gasteiger partial charge in [-0.1, -0.05) is 30.0 Å². The van der Waals surface area contributed by atoms with E-state index in [2.05, 4.69) is 37.9 Å². The van der Waals surface area contributed by atoms with Gasteiger partial charge in [-0.2, -0.15) is 0 Å². The van der Waals surface area contributed by atoms with Crippen LogP contribution in [0.4, 0.5) is 0 Å². The second kappa shape index (κ2) is 6.37. The minimum absolute atomic E-state index is 0.545. The molecule has 1 aromatic carbocycles. The molecule has 0 bridgehead atoms. The van der Waals surface area contributed by atoms with Crippen LogP contribution >= 0.6 is 11.8 Å². The predicted molar refractivity (Wildman–Crippen MR) is 92.8 cm³/mol. The lowest BCUT2D eigenvalue weighted by atomic mass is 10.1. The fourth-order valence-electron chi connectivity index (χ4n) is 2.81. The van der Waals surface area contributed by atoms with Gasteiger partial charge in [-0.3, -0.25) is 4.57 Å². The van der Waals surface area contributed by atoms with Crippen LogP contribution in [0.2, 0.25) is 0 Å². The van der Waals surface area contributed by atoms with Gasteiger partial charge in [0.1, 0.15) is 0 Å². The molecule has 0 atom stereocenters. The van der Waals surface area contributed by atoms with Crippen molar-refractivity contribution >= 4 is 22.7 Å². The Morgan fingerprint density at radius 3 is 3.00 bits per heavy atom. The smallest absolute Gasteiger partial charge is 0.191 e. The number of aromatic nitrogens is 4. The molecule has 1 N–H and O–H groups in total. The average molecular weight is 328 g/mol. The minimum Gasteiger partial charge on any atom is -0.381 e. The molecule has 120 valence electrons. The first-order valence-electron chi connectivity index (χ1n) is 8.10. The third kappa shape index (κ3) is 2.88. The molecule has 0 aliphatic heterocycles. The fraction of sp³-hybridized carbons (Fsp3) is 0.412. The van der Waals surface area contributed by atoms with Gasteiger partial charge >= 0.3 is 0 Å². The minimum atomic E-state index is 0.545. The maximum atomic E-state index is 5.42. The molecule has 5 nitrogen and oxygen atoms in total.